The Morgan fingerprint density at radius 1 is 1.37 bits per heavy atom. The lowest BCUT2D eigenvalue weighted by atomic mass is 10.1. The monoisotopic (exact) mass is 278 g/mol. The molecule has 1 aromatic carbocycles. The third-order valence-corrected chi connectivity index (χ3v) is 4.13. The molecule has 0 bridgehead atoms. The molecule has 0 unspecified atom stereocenters. The molecule has 0 aliphatic heterocycles. The highest BCUT2D eigenvalue weighted by Gasteiger charge is 2.02. The van der Waals surface area contributed by atoms with E-state index < -0.39 is 0 Å². The Morgan fingerprint density at radius 3 is 2.89 bits per heavy atom. The van der Waals surface area contributed by atoms with E-state index in [1.807, 2.05) is 13.0 Å². The highest BCUT2D eigenvalue weighted by atomic mass is 32.1. The van der Waals surface area contributed by atoms with Gasteiger partial charge in [-0.1, -0.05) is 13.0 Å². The van der Waals surface area contributed by atoms with E-state index in [2.05, 4.69) is 22.6 Å². The topological polar surface area (TPSA) is 24.9 Å². The van der Waals surface area contributed by atoms with Gasteiger partial charge in [0.2, 0.25) is 0 Å². The van der Waals surface area contributed by atoms with Gasteiger partial charge in [-0.3, -0.25) is 0 Å². The van der Waals surface area contributed by atoms with Gasteiger partial charge in [0.25, 0.3) is 0 Å². The maximum atomic E-state index is 13.0. The Balaban J connectivity index is 1.77. The van der Waals surface area contributed by atoms with E-state index in [0.717, 1.165) is 37.2 Å². The number of aromatic nitrogens is 1. The van der Waals surface area contributed by atoms with Crippen LogP contribution >= 0.6 is 11.3 Å². The Kier molecular flexibility index (Phi) is 5.05. The quantitative estimate of drug-likeness (QED) is 0.818. The summed E-state index contributed by atoms with van der Waals surface area (Å²) in [4.78, 5) is 4.51. The van der Waals surface area contributed by atoms with Crippen LogP contribution in [0.3, 0.4) is 0 Å². The van der Waals surface area contributed by atoms with Gasteiger partial charge in [-0.05, 0) is 49.6 Å². The minimum Gasteiger partial charge on any atom is -0.311 e. The molecular weight excluding hydrogens is 259 g/mol. The van der Waals surface area contributed by atoms with Crippen molar-refractivity contribution in [3.8, 4) is 0 Å². The summed E-state index contributed by atoms with van der Waals surface area (Å²) in [5, 5.41) is 6.67. The molecule has 2 aromatic rings. The van der Waals surface area contributed by atoms with Crippen LogP contribution in [0.1, 0.15) is 28.8 Å². The molecule has 0 amide bonds. The van der Waals surface area contributed by atoms with Crippen LogP contribution in [-0.4, -0.2) is 11.5 Å². The van der Waals surface area contributed by atoms with Crippen LogP contribution in [0.15, 0.2) is 23.6 Å². The Hall–Kier alpha value is -1.26. The Morgan fingerprint density at radius 2 is 2.21 bits per heavy atom. The normalized spacial score (nSPS) is 10.9. The van der Waals surface area contributed by atoms with Crippen LogP contribution in [-0.2, 0) is 19.4 Å². The molecule has 0 atom stereocenters. The second-order valence-corrected chi connectivity index (χ2v) is 5.53. The molecule has 0 aliphatic carbocycles. The van der Waals surface area contributed by atoms with E-state index in [9.17, 15) is 4.39 Å². The van der Waals surface area contributed by atoms with Gasteiger partial charge in [0.1, 0.15) is 5.82 Å². The minimum atomic E-state index is -0.163. The summed E-state index contributed by atoms with van der Waals surface area (Å²) < 4.78 is 13.0. The molecule has 0 fully saturated rings. The average molecular weight is 278 g/mol. The van der Waals surface area contributed by atoms with Gasteiger partial charge < -0.3 is 5.32 Å². The molecular formula is C15H19FN2S. The molecule has 1 aromatic heterocycles. The van der Waals surface area contributed by atoms with Gasteiger partial charge in [-0.25, -0.2) is 9.37 Å². The van der Waals surface area contributed by atoms with Gasteiger partial charge in [0.15, 0.2) is 0 Å². The van der Waals surface area contributed by atoms with Gasteiger partial charge in [-0.15, -0.1) is 11.3 Å². The summed E-state index contributed by atoms with van der Waals surface area (Å²) in [7, 11) is 0. The van der Waals surface area contributed by atoms with E-state index in [-0.39, 0.29) is 5.82 Å². The van der Waals surface area contributed by atoms with E-state index in [1.165, 1.54) is 16.6 Å². The van der Waals surface area contributed by atoms with E-state index >= 15 is 0 Å². The molecule has 102 valence electrons. The average Bonchev–Trinajstić information content (AvgIpc) is 2.84. The first-order valence-corrected chi connectivity index (χ1v) is 7.46. The number of nitrogens with zero attached hydrogens (tertiary/aromatic N) is 1. The summed E-state index contributed by atoms with van der Waals surface area (Å²) >= 11 is 1.72. The smallest absolute Gasteiger partial charge is 0.123 e. The van der Waals surface area contributed by atoms with Gasteiger partial charge in [-0.2, -0.15) is 0 Å². The lowest BCUT2D eigenvalue weighted by molar-refractivity contribution is 0.624. The number of hydrogen-bond donors (Lipinski definition) is 1. The van der Waals surface area contributed by atoms with Crippen molar-refractivity contribution < 1.29 is 4.39 Å². The van der Waals surface area contributed by atoms with Crippen molar-refractivity contribution in [2.45, 2.75) is 33.2 Å². The van der Waals surface area contributed by atoms with Crippen molar-refractivity contribution in [3.05, 3.63) is 51.2 Å². The van der Waals surface area contributed by atoms with Crippen LogP contribution in [0.5, 0.6) is 0 Å². The van der Waals surface area contributed by atoms with Crippen LogP contribution in [0.25, 0.3) is 0 Å². The van der Waals surface area contributed by atoms with Crippen LogP contribution in [0, 0.1) is 12.7 Å². The van der Waals surface area contributed by atoms with Crippen LogP contribution in [0.2, 0.25) is 0 Å². The van der Waals surface area contributed by atoms with Crippen molar-refractivity contribution in [2.24, 2.45) is 0 Å². The molecule has 0 radical (unpaired) electrons. The van der Waals surface area contributed by atoms with E-state index in [1.54, 1.807) is 17.4 Å². The summed E-state index contributed by atoms with van der Waals surface area (Å²) in [6.45, 7) is 5.75. The fourth-order valence-corrected chi connectivity index (χ4v) is 2.72. The third kappa shape index (κ3) is 4.11. The first-order chi connectivity index (χ1) is 9.19. The predicted octanol–water partition coefficient (Wildman–Crippen LogP) is 3.49. The maximum absolute atomic E-state index is 13.0. The molecule has 0 spiro atoms. The largest absolute Gasteiger partial charge is 0.311 e. The molecule has 2 rings (SSSR count). The molecule has 1 heterocycles. The van der Waals surface area contributed by atoms with Crippen LogP contribution < -0.4 is 5.32 Å². The molecule has 19 heavy (non-hydrogen) atoms. The number of halogens is 1. The summed E-state index contributed by atoms with van der Waals surface area (Å²) in [6, 6.07) is 4.98. The second-order valence-electron chi connectivity index (χ2n) is 4.58. The van der Waals surface area contributed by atoms with Crippen molar-refractivity contribution in [1.82, 2.24) is 10.3 Å². The van der Waals surface area contributed by atoms with Gasteiger partial charge in [0.05, 0.1) is 10.7 Å². The van der Waals surface area contributed by atoms with Crippen LogP contribution in [0.4, 0.5) is 4.39 Å². The highest BCUT2D eigenvalue weighted by Crippen LogP contribution is 2.11. The number of nitrogens with one attached hydrogen (secondary N) is 1. The lowest BCUT2D eigenvalue weighted by Crippen LogP contribution is -2.17. The second kappa shape index (κ2) is 6.78. The zero-order valence-electron chi connectivity index (χ0n) is 11.4. The van der Waals surface area contributed by atoms with Crippen molar-refractivity contribution in [1.29, 1.82) is 0 Å². The molecule has 0 saturated heterocycles. The number of hydrogen-bond acceptors (Lipinski definition) is 3. The molecule has 1 N–H and O–H groups in total. The zero-order chi connectivity index (χ0) is 13.7. The number of thiazole rings is 1. The minimum absolute atomic E-state index is 0.163. The first kappa shape index (κ1) is 14.2. The molecule has 0 aliphatic rings. The summed E-state index contributed by atoms with van der Waals surface area (Å²) in [5.74, 6) is -0.163. The van der Waals surface area contributed by atoms with E-state index in [0.29, 0.717) is 0 Å². The SMILES string of the molecule is CCc1nc(CNCCc2ccc(F)cc2C)cs1. The Labute approximate surface area is 117 Å². The third-order valence-electron chi connectivity index (χ3n) is 3.08. The van der Waals surface area contributed by atoms with Gasteiger partial charge in [0, 0.05) is 11.9 Å². The van der Waals surface area contributed by atoms with Crippen molar-refractivity contribution >= 4 is 11.3 Å². The standard InChI is InChI=1S/C15H19FN2S/c1-3-15-18-14(10-19-15)9-17-7-6-12-4-5-13(16)8-11(12)2/h4-5,8,10,17H,3,6-7,9H2,1-2H3. The number of benzene rings is 1. The first-order valence-electron chi connectivity index (χ1n) is 6.58. The number of rotatable bonds is 6. The van der Waals surface area contributed by atoms with Gasteiger partial charge >= 0.3 is 0 Å². The summed E-state index contributed by atoms with van der Waals surface area (Å²) in [6.07, 6.45) is 1.91. The fraction of sp³-hybridized carbons (Fsp3) is 0.400. The number of aryl methyl sites for hydroxylation is 2. The zero-order valence-corrected chi connectivity index (χ0v) is 12.2. The predicted molar refractivity (Wildman–Crippen MR) is 78.0 cm³/mol. The van der Waals surface area contributed by atoms with Crippen molar-refractivity contribution in [3.63, 3.8) is 0 Å². The Bertz CT molecular complexity index is 537. The fourth-order valence-electron chi connectivity index (χ4n) is 1.97. The van der Waals surface area contributed by atoms with E-state index in [4.69, 9.17) is 0 Å². The summed E-state index contributed by atoms with van der Waals surface area (Å²) in [5.41, 5.74) is 3.32. The van der Waals surface area contributed by atoms with Crippen molar-refractivity contribution in [2.75, 3.05) is 6.54 Å². The lowest BCUT2D eigenvalue weighted by Gasteiger charge is -2.06. The molecule has 0 saturated carbocycles. The molecule has 4 heteroatoms. The highest BCUT2D eigenvalue weighted by molar-refractivity contribution is 7.09. The maximum Gasteiger partial charge on any atom is 0.123 e. The molecule has 2 nitrogen and oxygen atoms in total.